The quantitative estimate of drug-likeness (QED) is 0.577. The van der Waals surface area contributed by atoms with Crippen LogP contribution in [0.2, 0.25) is 0 Å². The summed E-state index contributed by atoms with van der Waals surface area (Å²) in [5.74, 6) is -2.22. The highest BCUT2D eigenvalue weighted by Gasteiger charge is 2.23. The van der Waals surface area contributed by atoms with Crippen molar-refractivity contribution < 1.29 is 27.0 Å². The molecule has 1 heterocycles. The minimum atomic E-state index is -3.82. The van der Waals surface area contributed by atoms with Crippen LogP contribution in [0.15, 0.2) is 58.4 Å². The molecule has 0 aliphatic heterocycles. The second-order valence-corrected chi connectivity index (χ2v) is 9.89. The van der Waals surface area contributed by atoms with E-state index in [1.54, 1.807) is 13.8 Å². The number of hydrogen-bond donors (Lipinski definition) is 1. The Kier molecular flexibility index (Phi) is 6.47. The molecule has 2 aromatic carbocycles. The van der Waals surface area contributed by atoms with E-state index in [4.69, 9.17) is 4.74 Å². The van der Waals surface area contributed by atoms with Gasteiger partial charge in [-0.25, -0.2) is 17.2 Å². The van der Waals surface area contributed by atoms with Crippen LogP contribution in [-0.2, 0) is 9.84 Å². The van der Waals surface area contributed by atoms with Crippen molar-refractivity contribution in [1.82, 2.24) is 9.78 Å². The normalized spacial score (nSPS) is 12.1. The first-order chi connectivity index (χ1) is 14.9. The maximum absolute atomic E-state index is 14.0. The Morgan fingerprint density at radius 3 is 2.44 bits per heavy atom. The van der Waals surface area contributed by atoms with Gasteiger partial charge in [-0.15, -0.1) is 0 Å². The van der Waals surface area contributed by atoms with E-state index in [9.17, 15) is 27.1 Å². The van der Waals surface area contributed by atoms with Crippen molar-refractivity contribution in [2.24, 2.45) is 0 Å². The lowest BCUT2D eigenvalue weighted by Gasteiger charge is -2.20. The highest BCUT2D eigenvalue weighted by molar-refractivity contribution is 7.90. The zero-order chi connectivity index (χ0) is 23.7. The molecule has 0 saturated carbocycles. The summed E-state index contributed by atoms with van der Waals surface area (Å²) in [4.78, 5) is 12.2. The topological polar surface area (TPSA) is 98.5 Å². The van der Waals surface area contributed by atoms with Crippen LogP contribution in [0.25, 0.3) is 16.8 Å². The molecule has 170 valence electrons. The largest absolute Gasteiger partial charge is 0.492 e. The smallest absolute Gasteiger partial charge is 0.271 e. The van der Waals surface area contributed by atoms with Crippen LogP contribution in [-0.4, -0.2) is 41.8 Å². The molecule has 0 fully saturated rings. The van der Waals surface area contributed by atoms with Crippen molar-refractivity contribution in [1.29, 1.82) is 0 Å². The van der Waals surface area contributed by atoms with Gasteiger partial charge in [0.2, 0.25) is 0 Å². The molecule has 0 unspecified atom stereocenters. The van der Waals surface area contributed by atoms with E-state index >= 15 is 0 Å². The van der Waals surface area contributed by atoms with Gasteiger partial charge in [0.15, 0.2) is 21.5 Å². The van der Waals surface area contributed by atoms with Gasteiger partial charge >= 0.3 is 0 Å². The lowest BCUT2D eigenvalue weighted by molar-refractivity contribution is 0.0549. The molecule has 10 heteroatoms. The third kappa shape index (κ3) is 5.38. The predicted octanol–water partition coefficient (Wildman–Crippen LogP) is 3.12. The number of halogens is 2. The number of aliphatic hydroxyl groups is 1. The fourth-order valence-corrected chi connectivity index (χ4v) is 3.78. The monoisotopic (exact) mass is 464 g/mol. The third-order valence-corrected chi connectivity index (χ3v) is 5.73. The molecule has 0 aliphatic rings. The number of sulfone groups is 1. The van der Waals surface area contributed by atoms with Crippen LogP contribution in [0.1, 0.15) is 20.3 Å². The number of benzene rings is 2. The average Bonchev–Trinajstić information content (AvgIpc) is 2.68. The van der Waals surface area contributed by atoms with Gasteiger partial charge in [0, 0.05) is 30.5 Å². The molecule has 0 saturated heterocycles. The number of ether oxygens (including phenoxy) is 1. The number of aromatic nitrogens is 2. The van der Waals surface area contributed by atoms with Crippen LogP contribution in [0.5, 0.6) is 5.75 Å². The molecule has 3 rings (SSSR count). The zero-order valence-electron chi connectivity index (χ0n) is 17.7. The number of hydrogen-bond acceptors (Lipinski definition) is 6. The van der Waals surface area contributed by atoms with Crippen molar-refractivity contribution in [3.63, 3.8) is 0 Å². The van der Waals surface area contributed by atoms with E-state index < -0.39 is 32.6 Å². The van der Waals surface area contributed by atoms with E-state index in [2.05, 4.69) is 5.10 Å². The van der Waals surface area contributed by atoms with Gasteiger partial charge < -0.3 is 9.84 Å². The van der Waals surface area contributed by atoms with E-state index in [0.29, 0.717) is 0 Å². The SMILES string of the molecule is CC(C)(O)CCOc1cc(-c2ccc(F)c(F)c2)c(-n2ncccc2=O)cc1S(C)(=O)=O. The molecule has 1 N–H and O–H groups in total. The van der Waals surface area contributed by atoms with Gasteiger partial charge in [-0.1, -0.05) is 6.07 Å². The highest BCUT2D eigenvalue weighted by Crippen LogP contribution is 2.36. The molecule has 0 spiro atoms. The first-order valence-electron chi connectivity index (χ1n) is 9.60. The molecule has 0 bridgehead atoms. The standard InChI is InChI=1S/C22H22F2N2O5S/c1-22(2,28)8-10-31-19-12-15(14-6-7-16(23)17(24)11-14)18(13-20(19)32(3,29)30)26-21(27)5-4-9-25-26/h4-7,9,11-13,28H,8,10H2,1-3H3. The van der Waals surface area contributed by atoms with E-state index in [-0.39, 0.29) is 40.5 Å². The maximum Gasteiger partial charge on any atom is 0.271 e. The molecule has 32 heavy (non-hydrogen) atoms. The van der Waals surface area contributed by atoms with Crippen LogP contribution >= 0.6 is 0 Å². The Bertz CT molecular complexity index is 1310. The average molecular weight is 464 g/mol. The third-order valence-electron chi connectivity index (χ3n) is 4.61. The summed E-state index contributed by atoms with van der Waals surface area (Å²) in [5, 5.41) is 13.9. The lowest BCUT2D eigenvalue weighted by Crippen LogP contribution is -2.22. The molecule has 0 atom stereocenters. The first-order valence-corrected chi connectivity index (χ1v) is 11.5. The van der Waals surface area contributed by atoms with Gasteiger partial charge in [0.05, 0.1) is 17.9 Å². The Balaban J connectivity index is 2.28. The molecule has 7 nitrogen and oxygen atoms in total. The molecule has 0 aliphatic carbocycles. The van der Waals surface area contributed by atoms with E-state index in [0.717, 1.165) is 23.1 Å². The number of rotatable bonds is 7. The molecule has 0 radical (unpaired) electrons. The Morgan fingerprint density at radius 2 is 1.84 bits per heavy atom. The molecular formula is C22H22F2N2O5S. The zero-order valence-corrected chi connectivity index (χ0v) is 18.5. The van der Waals surface area contributed by atoms with E-state index in [1.165, 1.54) is 36.5 Å². The van der Waals surface area contributed by atoms with Crippen molar-refractivity contribution >= 4 is 9.84 Å². The Morgan fingerprint density at radius 1 is 1.12 bits per heavy atom. The van der Waals surface area contributed by atoms with Crippen molar-refractivity contribution in [2.45, 2.75) is 30.8 Å². The summed E-state index contributed by atoms with van der Waals surface area (Å²) in [6.45, 7) is 3.15. The summed E-state index contributed by atoms with van der Waals surface area (Å²) in [7, 11) is -3.82. The molecule has 1 aromatic heterocycles. The summed E-state index contributed by atoms with van der Waals surface area (Å²) in [6, 6.07) is 8.35. The van der Waals surface area contributed by atoms with Crippen molar-refractivity contribution in [3.05, 3.63) is 70.6 Å². The summed E-state index contributed by atoms with van der Waals surface area (Å²) in [5.41, 5.74) is -1.15. The second kappa shape index (κ2) is 8.79. The maximum atomic E-state index is 14.0. The molecule has 0 amide bonds. The van der Waals surface area contributed by atoms with Crippen LogP contribution in [0.4, 0.5) is 8.78 Å². The van der Waals surface area contributed by atoms with E-state index in [1.807, 2.05) is 0 Å². The second-order valence-electron chi connectivity index (χ2n) is 7.90. The molecule has 3 aromatic rings. The van der Waals surface area contributed by atoms with Crippen LogP contribution in [0.3, 0.4) is 0 Å². The van der Waals surface area contributed by atoms with Crippen molar-refractivity contribution in [3.8, 4) is 22.6 Å². The van der Waals surface area contributed by atoms with Gasteiger partial charge in [-0.05, 0) is 49.7 Å². The van der Waals surface area contributed by atoms with Crippen molar-refractivity contribution in [2.75, 3.05) is 12.9 Å². The summed E-state index contributed by atoms with van der Waals surface area (Å²) < 4.78 is 59.1. The summed E-state index contributed by atoms with van der Waals surface area (Å²) >= 11 is 0. The van der Waals surface area contributed by atoms with Gasteiger partial charge in [-0.3, -0.25) is 4.79 Å². The minimum absolute atomic E-state index is 0.00782. The van der Waals surface area contributed by atoms with Gasteiger partial charge in [0.1, 0.15) is 10.6 Å². The molecular weight excluding hydrogens is 442 g/mol. The highest BCUT2D eigenvalue weighted by atomic mass is 32.2. The Hall–Kier alpha value is -3.11. The van der Waals surface area contributed by atoms with Crippen LogP contribution in [0, 0.1) is 11.6 Å². The lowest BCUT2D eigenvalue weighted by atomic mass is 10.0. The first kappa shape index (κ1) is 23.6. The van der Waals surface area contributed by atoms with Gasteiger partial charge in [-0.2, -0.15) is 9.78 Å². The fraction of sp³-hybridized carbons (Fsp3) is 0.273. The Labute approximate surface area is 183 Å². The number of nitrogens with zero attached hydrogens (tertiary/aromatic N) is 2. The minimum Gasteiger partial charge on any atom is -0.492 e. The van der Waals surface area contributed by atoms with Gasteiger partial charge in [0.25, 0.3) is 5.56 Å². The predicted molar refractivity (Wildman–Crippen MR) is 115 cm³/mol. The summed E-state index contributed by atoms with van der Waals surface area (Å²) in [6.07, 6.45) is 2.52. The fourth-order valence-electron chi connectivity index (χ4n) is 2.97. The van der Waals surface area contributed by atoms with Crippen LogP contribution < -0.4 is 10.3 Å².